The Morgan fingerprint density at radius 2 is 1.72 bits per heavy atom. The lowest BCUT2D eigenvalue weighted by atomic mass is 10.2. The van der Waals surface area contributed by atoms with Crippen LogP contribution in [0.5, 0.6) is 11.5 Å². The van der Waals surface area contributed by atoms with Gasteiger partial charge in [0.2, 0.25) is 0 Å². The van der Waals surface area contributed by atoms with Gasteiger partial charge in [0, 0.05) is 17.4 Å². The van der Waals surface area contributed by atoms with Crippen molar-refractivity contribution < 1.29 is 18.7 Å². The second-order valence-corrected chi connectivity index (χ2v) is 5.20. The van der Waals surface area contributed by atoms with Gasteiger partial charge in [-0.2, -0.15) is 0 Å². The molecule has 0 saturated carbocycles. The summed E-state index contributed by atoms with van der Waals surface area (Å²) in [6, 6.07) is 16.2. The first-order valence-electron chi connectivity index (χ1n) is 7.63. The summed E-state index contributed by atoms with van der Waals surface area (Å²) < 4.78 is 15.6. The van der Waals surface area contributed by atoms with Crippen LogP contribution in [-0.4, -0.2) is 20.1 Å². The molecule has 0 fully saturated rings. The third kappa shape index (κ3) is 3.92. The minimum absolute atomic E-state index is 0.269. The van der Waals surface area contributed by atoms with E-state index in [1.54, 1.807) is 44.6 Å². The van der Waals surface area contributed by atoms with Crippen LogP contribution in [0.4, 0.5) is 17.1 Å². The quantitative estimate of drug-likeness (QED) is 0.701. The lowest BCUT2D eigenvalue weighted by Gasteiger charge is -2.13. The highest BCUT2D eigenvalue weighted by Gasteiger charge is 2.09. The second kappa shape index (κ2) is 7.44. The van der Waals surface area contributed by atoms with Crippen LogP contribution in [0.15, 0.2) is 65.3 Å². The third-order valence-corrected chi connectivity index (χ3v) is 3.58. The van der Waals surface area contributed by atoms with Crippen LogP contribution in [0.1, 0.15) is 10.6 Å². The molecule has 0 aliphatic heterocycles. The second-order valence-electron chi connectivity index (χ2n) is 5.20. The molecule has 3 rings (SSSR count). The Balaban J connectivity index is 1.69. The van der Waals surface area contributed by atoms with E-state index in [4.69, 9.17) is 13.9 Å². The molecule has 2 aromatic carbocycles. The van der Waals surface area contributed by atoms with Gasteiger partial charge in [-0.3, -0.25) is 4.79 Å². The molecule has 0 saturated heterocycles. The topological polar surface area (TPSA) is 72.7 Å². The average molecular weight is 338 g/mol. The molecule has 1 amide bonds. The highest BCUT2D eigenvalue weighted by atomic mass is 16.5. The Morgan fingerprint density at radius 3 is 2.36 bits per heavy atom. The van der Waals surface area contributed by atoms with E-state index in [9.17, 15) is 4.79 Å². The van der Waals surface area contributed by atoms with Crippen LogP contribution >= 0.6 is 0 Å². The minimum atomic E-state index is -0.289. The van der Waals surface area contributed by atoms with Gasteiger partial charge in [-0.05, 0) is 48.5 Å². The van der Waals surface area contributed by atoms with Crippen molar-refractivity contribution in [1.29, 1.82) is 0 Å². The van der Waals surface area contributed by atoms with Crippen molar-refractivity contribution in [2.75, 3.05) is 24.9 Å². The maximum Gasteiger partial charge on any atom is 0.291 e. The number of anilines is 3. The van der Waals surface area contributed by atoms with Crippen molar-refractivity contribution in [2.24, 2.45) is 0 Å². The molecule has 0 unspecified atom stereocenters. The first-order valence-corrected chi connectivity index (χ1v) is 7.63. The molecule has 0 aliphatic carbocycles. The fourth-order valence-corrected chi connectivity index (χ4v) is 2.29. The van der Waals surface area contributed by atoms with Gasteiger partial charge >= 0.3 is 0 Å². The predicted octanol–water partition coefficient (Wildman–Crippen LogP) is 4.29. The molecule has 2 N–H and O–H groups in total. The van der Waals surface area contributed by atoms with Crippen LogP contribution in [0.25, 0.3) is 0 Å². The number of hydrogen-bond donors (Lipinski definition) is 2. The smallest absolute Gasteiger partial charge is 0.291 e. The average Bonchev–Trinajstić information content (AvgIpc) is 3.18. The molecular weight excluding hydrogens is 320 g/mol. The minimum Gasteiger partial charge on any atom is -0.497 e. The van der Waals surface area contributed by atoms with Crippen LogP contribution in [0, 0.1) is 0 Å². The number of rotatable bonds is 6. The Labute approximate surface area is 145 Å². The van der Waals surface area contributed by atoms with Crippen LogP contribution < -0.4 is 20.1 Å². The molecule has 6 heteroatoms. The summed E-state index contributed by atoms with van der Waals surface area (Å²) in [4.78, 5) is 11.9. The summed E-state index contributed by atoms with van der Waals surface area (Å²) in [6.45, 7) is 0. The molecule has 6 nitrogen and oxygen atoms in total. The highest BCUT2D eigenvalue weighted by Crippen LogP contribution is 2.31. The van der Waals surface area contributed by atoms with Gasteiger partial charge in [0.1, 0.15) is 11.5 Å². The number of carbonyl (C=O) groups excluding carboxylic acids is 1. The molecule has 128 valence electrons. The number of amides is 1. The molecule has 0 radical (unpaired) electrons. The summed E-state index contributed by atoms with van der Waals surface area (Å²) in [5, 5.41) is 6.04. The molecule has 3 aromatic rings. The summed E-state index contributed by atoms with van der Waals surface area (Å²) in [5.41, 5.74) is 2.35. The number of nitrogens with one attached hydrogen (secondary N) is 2. The zero-order valence-electron chi connectivity index (χ0n) is 13.9. The number of ether oxygens (including phenoxy) is 2. The number of methoxy groups -OCH3 is 2. The summed E-state index contributed by atoms with van der Waals surface area (Å²) in [7, 11) is 3.21. The third-order valence-electron chi connectivity index (χ3n) is 3.58. The Morgan fingerprint density at radius 1 is 0.960 bits per heavy atom. The van der Waals surface area contributed by atoms with E-state index in [0.717, 1.165) is 17.1 Å². The summed E-state index contributed by atoms with van der Waals surface area (Å²) in [5.74, 6) is 1.38. The van der Waals surface area contributed by atoms with Crippen molar-refractivity contribution in [3.8, 4) is 11.5 Å². The van der Waals surface area contributed by atoms with Gasteiger partial charge in [-0.25, -0.2) is 0 Å². The van der Waals surface area contributed by atoms with Gasteiger partial charge in [-0.1, -0.05) is 0 Å². The normalized spacial score (nSPS) is 10.2. The van der Waals surface area contributed by atoms with E-state index < -0.39 is 0 Å². The Hall–Kier alpha value is -3.41. The first-order chi connectivity index (χ1) is 12.2. The van der Waals surface area contributed by atoms with Crippen molar-refractivity contribution in [1.82, 2.24) is 0 Å². The van der Waals surface area contributed by atoms with Gasteiger partial charge in [0.05, 0.1) is 26.2 Å². The maximum absolute atomic E-state index is 11.9. The van der Waals surface area contributed by atoms with Gasteiger partial charge in [0.25, 0.3) is 5.91 Å². The number of carbonyl (C=O) groups is 1. The first kappa shape index (κ1) is 16.4. The molecule has 25 heavy (non-hydrogen) atoms. The van der Waals surface area contributed by atoms with Crippen LogP contribution in [0.2, 0.25) is 0 Å². The zero-order chi connectivity index (χ0) is 17.6. The fraction of sp³-hybridized carbons (Fsp3) is 0.105. The number of furan rings is 1. The molecule has 0 bridgehead atoms. The summed E-state index contributed by atoms with van der Waals surface area (Å²) in [6.07, 6.45) is 1.46. The van der Waals surface area contributed by atoms with Crippen molar-refractivity contribution >= 4 is 23.0 Å². The maximum atomic E-state index is 11.9. The van der Waals surface area contributed by atoms with Gasteiger partial charge < -0.3 is 24.5 Å². The van der Waals surface area contributed by atoms with E-state index in [1.165, 1.54) is 6.26 Å². The molecular formula is C19H18N2O4. The summed E-state index contributed by atoms with van der Waals surface area (Å²) >= 11 is 0. The van der Waals surface area contributed by atoms with Gasteiger partial charge in [0.15, 0.2) is 5.76 Å². The van der Waals surface area contributed by atoms with E-state index >= 15 is 0 Å². The number of hydrogen-bond acceptors (Lipinski definition) is 5. The van der Waals surface area contributed by atoms with Crippen LogP contribution in [-0.2, 0) is 0 Å². The van der Waals surface area contributed by atoms with Crippen molar-refractivity contribution in [3.05, 3.63) is 66.6 Å². The van der Waals surface area contributed by atoms with Gasteiger partial charge in [-0.15, -0.1) is 0 Å². The van der Waals surface area contributed by atoms with Crippen molar-refractivity contribution in [3.63, 3.8) is 0 Å². The fourth-order valence-electron chi connectivity index (χ4n) is 2.29. The zero-order valence-corrected chi connectivity index (χ0v) is 13.9. The Bertz CT molecular complexity index is 842. The van der Waals surface area contributed by atoms with Crippen molar-refractivity contribution in [2.45, 2.75) is 0 Å². The van der Waals surface area contributed by atoms with E-state index in [1.807, 2.05) is 24.3 Å². The number of benzene rings is 2. The molecule has 0 spiro atoms. The lowest BCUT2D eigenvalue weighted by Crippen LogP contribution is -2.10. The highest BCUT2D eigenvalue weighted by molar-refractivity contribution is 6.02. The molecule has 0 aliphatic rings. The monoisotopic (exact) mass is 338 g/mol. The van der Waals surface area contributed by atoms with E-state index in [-0.39, 0.29) is 11.7 Å². The molecule has 1 heterocycles. The van der Waals surface area contributed by atoms with E-state index in [0.29, 0.717) is 11.4 Å². The lowest BCUT2D eigenvalue weighted by molar-refractivity contribution is 0.0996. The molecule has 0 atom stereocenters. The Kier molecular flexibility index (Phi) is 4.89. The SMILES string of the molecule is COc1ccc(Nc2ccc(NC(=O)c3ccco3)cc2)c(OC)c1. The van der Waals surface area contributed by atoms with E-state index in [2.05, 4.69) is 10.6 Å². The largest absolute Gasteiger partial charge is 0.497 e. The predicted molar refractivity (Wildman–Crippen MR) is 95.9 cm³/mol. The molecule has 1 aromatic heterocycles. The van der Waals surface area contributed by atoms with Crippen LogP contribution in [0.3, 0.4) is 0 Å². The standard InChI is InChI=1S/C19H18N2O4/c1-23-15-9-10-16(18(12-15)24-2)20-13-5-7-14(8-6-13)21-19(22)17-4-3-11-25-17/h3-12,20H,1-2H3,(H,21,22).